The molecule has 1 N–H and O–H groups in total. The van der Waals surface area contributed by atoms with Gasteiger partial charge in [-0.25, -0.2) is 4.98 Å². The summed E-state index contributed by atoms with van der Waals surface area (Å²) in [6.07, 6.45) is 0.461. The van der Waals surface area contributed by atoms with Gasteiger partial charge in [0.25, 0.3) is 0 Å². The van der Waals surface area contributed by atoms with Crippen LogP contribution in [0.3, 0.4) is 0 Å². The van der Waals surface area contributed by atoms with E-state index in [0.717, 1.165) is 16.2 Å². The number of para-hydroxylation sites is 1. The van der Waals surface area contributed by atoms with Gasteiger partial charge in [-0.15, -0.1) is 11.8 Å². The van der Waals surface area contributed by atoms with Crippen LogP contribution in [-0.4, -0.2) is 16.6 Å². The molecule has 3 nitrogen and oxygen atoms in total. The van der Waals surface area contributed by atoms with Crippen molar-refractivity contribution in [2.75, 3.05) is 11.1 Å². The summed E-state index contributed by atoms with van der Waals surface area (Å²) in [6, 6.07) is 14.5. The maximum Gasteiger partial charge on any atom is 0.225 e. The van der Waals surface area contributed by atoms with E-state index in [2.05, 4.69) is 64.2 Å². The van der Waals surface area contributed by atoms with Crippen LogP contribution < -0.4 is 5.32 Å². The van der Waals surface area contributed by atoms with Crippen LogP contribution in [-0.2, 0) is 4.79 Å². The van der Waals surface area contributed by atoms with Crippen molar-refractivity contribution in [3.63, 3.8) is 0 Å². The van der Waals surface area contributed by atoms with Crippen LogP contribution in [0.5, 0.6) is 0 Å². The molecule has 146 valence electrons. The number of fused-ring (bicyclic) bond motifs is 1. The Balaban J connectivity index is 1.64. The smallest absolute Gasteiger partial charge is 0.225 e. The van der Waals surface area contributed by atoms with Crippen molar-refractivity contribution >= 4 is 34.3 Å². The van der Waals surface area contributed by atoms with Gasteiger partial charge >= 0.3 is 0 Å². The molecule has 0 fully saturated rings. The lowest BCUT2D eigenvalue weighted by Gasteiger charge is -2.13. The van der Waals surface area contributed by atoms with E-state index in [9.17, 15) is 4.79 Å². The molecule has 0 bridgehead atoms. The second-order valence-corrected chi connectivity index (χ2v) is 8.76. The zero-order chi connectivity index (χ0) is 20.3. The Morgan fingerprint density at radius 1 is 1.07 bits per heavy atom. The minimum absolute atomic E-state index is 0.0462. The highest BCUT2D eigenvalue weighted by Gasteiger charge is 2.11. The Morgan fingerprint density at radius 3 is 2.57 bits per heavy atom. The van der Waals surface area contributed by atoms with Gasteiger partial charge in [-0.3, -0.25) is 4.79 Å². The van der Waals surface area contributed by atoms with Gasteiger partial charge in [0.2, 0.25) is 5.91 Å². The number of hydrogen-bond acceptors (Lipinski definition) is 3. The van der Waals surface area contributed by atoms with Gasteiger partial charge < -0.3 is 5.32 Å². The highest BCUT2D eigenvalue weighted by Crippen LogP contribution is 2.28. The number of anilines is 1. The second-order valence-electron chi connectivity index (χ2n) is 7.64. The Labute approximate surface area is 172 Å². The summed E-state index contributed by atoms with van der Waals surface area (Å²) in [4.78, 5) is 17.2. The molecule has 1 amide bonds. The molecule has 1 heterocycles. The highest BCUT2D eigenvalue weighted by atomic mass is 32.2. The average molecular weight is 393 g/mol. The predicted octanol–water partition coefficient (Wildman–Crippen LogP) is 6.40. The first kappa shape index (κ1) is 20.4. The zero-order valence-electron chi connectivity index (χ0n) is 17.3. The summed E-state index contributed by atoms with van der Waals surface area (Å²) in [5.74, 6) is 1.13. The number of pyridine rings is 1. The van der Waals surface area contributed by atoms with Crippen LogP contribution in [0, 0.1) is 20.8 Å². The molecule has 0 saturated carbocycles. The number of benzene rings is 2. The first-order valence-corrected chi connectivity index (χ1v) is 10.7. The third-order valence-corrected chi connectivity index (χ3v) is 5.78. The molecular weight excluding hydrogens is 364 g/mol. The van der Waals surface area contributed by atoms with Crippen molar-refractivity contribution < 1.29 is 4.79 Å². The lowest BCUT2D eigenvalue weighted by Crippen LogP contribution is -2.14. The van der Waals surface area contributed by atoms with Crippen LogP contribution in [0.4, 0.5) is 5.69 Å². The fourth-order valence-corrected chi connectivity index (χ4v) is 4.38. The molecule has 2 aromatic carbocycles. The van der Waals surface area contributed by atoms with Crippen molar-refractivity contribution in [2.24, 2.45) is 0 Å². The van der Waals surface area contributed by atoms with Gasteiger partial charge in [-0.2, -0.15) is 0 Å². The minimum Gasteiger partial charge on any atom is -0.326 e. The van der Waals surface area contributed by atoms with Crippen LogP contribution in [0.25, 0.3) is 10.9 Å². The summed E-state index contributed by atoms with van der Waals surface area (Å²) in [7, 11) is 0. The van der Waals surface area contributed by atoms with E-state index >= 15 is 0 Å². The SMILES string of the molecule is Cc1cc(C)c2nc(SCCC(=O)Nc3ccccc3C(C)C)cc(C)c2c1. The van der Waals surface area contributed by atoms with Crippen molar-refractivity contribution in [2.45, 2.75) is 52.0 Å². The maximum absolute atomic E-state index is 12.4. The molecule has 0 unspecified atom stereocenters. The molecule has 0 spiro atoms. The molecule has 1 aromatic heterocycles. The molecule has 4 heteroatoms. The number of hydrogen-bond donors (Lipinski definition) is 1. The van der Waals surface area contributed by atoms with Crippen molar-refractivity contribution in [3.8, 4) is 0 Å². The molecule has 0 saturated heterocycles. The summed E-state index contributed by atoms with van der Waals surface area (Å²) in [5.41, 5.74) is 6.83. The van der Waals surface area contributed by atoms with Gasteiger partial charge in [0.1, 0.15) is 0 Å². The Hall–Kier alpha value is -2.33. The summed E-state index contributed by atoms with van der Waals surface area (Å²) < 4.78 is 0. The van der Waals surface area contributed by atoms with Gasteiger partial charge in [-0.05, 0) is 61.6 Å². The first-order chi connectivity index (χ1) is 13.3. The Morgan fingerprint density at radius 2 is 1.82 bits per heavy atom. The first-order valence-electron chi connectivity index (χ1n) is 9.75. The number of rotatable bonds is 6. The third kappa shape index (κ3) is 4.74. The molecule has 0 atom stereocenters. The number of nitrogens with zero attached hydrogens (tertiary/aromatic N) is 1. The summed E-state index contributed by atoms with van der Waals surface area (Å²) in [6.45, 7) is 10.6. The highest BCUT2D eigenvalue weighted by molar-refractivity contribution is 7.99. The number of aromatic nitrogens is 1. The van der Waals surface area contributed by atoms with Gasteiger partial charge in [-0.1, -0.05) is 43.7 Å². The second kappa shape index (κ2) is 8.78. The largest absolute Gasteiger partial charge is 0.326 e. The molecule has 3 rings (SSSR count). The summed E-state index contributed by atoms with van der Waals surface area (Å²) >= 11 is 1.64. The van der Waals surface area contributed by atoms with E-state index in [0.29, 0.717) is 18.1 Å². The molecular formula is C24H28N2OS. The fraction of sp³-hybridized carbons (Fsp3) is 0.333. The lowest BCUT2D eigenvalue weighted by molar-refractivity contribution is -0.115. The third-order valence-electron chi connectivity index (χ3n) is 4.87. The minimum atomic E-state index is 0.0462. The molecule has 0 aliphatic heterocycles. The van der Waals surface area contributed by atoms with E-state index in [-0.39, 0.29) is 5.91 Å². The van der Waals surface area contributed by atoms with Crippen LogP contribution in [0.2, 0.25) is 0 Å². The number of carbonyl (C=O) groups excluding carboxylic acids is 1. The summed E-state index contributed by atoms with van der Waals surface area (Å²) in [5, 5.41) is 5.25. The fourth-order valence-electron chi connectivity index (χ4n) is 3.46. The number of aryl methyl sites for hydroxylation is 3. The van der Waals surface area contributed by atoms with E-state index in [4.69, 9.17) is 4.98 Å². The van der Waals surface area contributed by atoms with Crippen LogP contribution in [0.15, 0.2) is 47.5 Å². The maximum atomic E-state index is 12.4. The van der Waals surface area contributed by atoms with Gasteiger partial charge in [0, 0.05) is 23.2 Å². The molecule has 28 heavy (non-hydrogen) atoms. The van der Waals surface area contributed by atoms with Crippen molar-refractivity contribution in [1.29, 1.82) is 0 Å². The quantitative estimate of drug-likeness (QED) is 0.493. The monoisotopic (exact) mass is 392 g/mol. The van der Waals surface area contributed by atoms with E-state index < -0.39 is 0 Å². The zero-order valence-corrected chi connectivity index (χ0v) is 18.1. The predicted molar refractivity (Wildman–Crippen MR) is 120 cm³/mol. The Bertz CT molecular complexity index is 1010. The average Bonchev–Trinajstić information content (AvgIpc) is 2.63. The molecule has 0 radical (unpaired) electrons. The topological polar surface area (TPSA) is 42.0 Å². The van der Waals surface area contributed by atoms with E-state index in [1.165, 1.54) is 27.6 Å². The number of carbonyl (C=O) groups is 1. The lowest BCUT2D eigenvalue weighted by atomic mass is 10.0. The molecule has 3 aromatic rings. The van der Waals surface area contributed by atoms with E-state index in [1.54, 1.807) is 11.8 Å². The molecule has 0 aliphatic rings. The van der Waals surface area contributed by atoms with Crippen LogP contribution in [0.1, 0.15) is 48.4 Å². The van der Waals surface area contributed by atoms with Crippen molar-refractivity contribution in [1.82, 2.24) is 4.98 Å². The number of amides is 1. The normalized spacial score (nSPS) is 11.2. The Kier molecular flexibility index (Phi) is 6.40. The number of thioether (sulfide) groups is 1. The number of nitrogens with one attached hydrogen (secondary N) is 1. The molecule has 0 aliphatic carbocycles. The van der Waals surface area contributed by atoms with E-state index in [1.807, 2.05) is 18.2 Å². The van der Waals surface area contributed by atoms with Gasteiger partial charge in [0.15, 0.2) is 0 Å². The van der Waals surface area contributed by atoms with Crippen LogP contribution >= 0.6 is 11.8 Å². The van der Waals surface area contributed by atoms with Gasteiger partial charge in [0.05, 0.1) is 10.5 Å². The van der Waals surface area contributed by atoms with Crippen molar-refractivity contribution in [3.05, 3.63) is 64.7 Å². The standard InChI is InChI=1S/C24H28N2OS/c1-15(2)19-8-6-7-9-21(19)25-22(27)10-11-28-23-14-17(4)20-13-16(3)12-18(5)24(20)26-23/h6-9,12-15H,10-11H2,1-5H3,(H,25,27).